The first-order valence-corrected chi connectivity index (χ1v) is 9.87. The molecule has 0 aliphatic carbocycles. The van der Waals surface area contributed by atoms with Gasteiger partial charge in [0.05, 0.1) is 13.2 Å². The van der Waals surface area contributed by atoms with Crippen LogP contribution in [0.15, 0.2) is 0 Å². The van der Waals surface area contributed by atoms with E-state index in [1.165, 1.54) is 51.4 Å². The lowest BCUT2D eigenvalue weighted by molar-refractivity contribution is -0.272. The number of rotatable bonds is 13. The van der Waals surface area contributed by atoms with Crippen LogP contribution in [-0.2, 0) is 9.47 Å². The van der Waals surface area contributed by atoms with Gasteiger partial charge in [0.2, 0.25) is 0 Å². The highest BCUT2D eigenvalue weighted by molar-refractivity contribution is 4.82. The van der Waals surface area contributed by atoms with Crippen molar-refractivity contribution < 1.29 is 24.8 Å². The Morgan fingerprint density at radius 2 is 1.50 bits per heavy atom. The second kappa shape index (κ2) is 13.1. The smallest absolute Gasteiger partial charge is 0.186 e. The van der Waals surface area contributed by atoms with E-state index >= 15 is 0 Å². The van der Waals surface area contributed by atoms with Crippen molar-refractivity contribution in [1.29, 1.82) is 0 Å². The second-order valence-corrected chi connectivity index (χ2v) is 7.15. The molecule has 2 unspecified atom stereocenters. The Labute approximate surface area is 147 Å². The molecule has 1 heterocycles. The molecule has 1 aliphatic rings. The molecule has 0 amide bonds. The summed E-state index contributed by atoms with van der Waals surface area (Å²) in [6.07, 6.45) is 8.08. The fourth-order valence-corrected chi connectivity index (χ4v) is 3.17. The first-order chi connectivity index (χ1) is 11.6. The van der Waals surface area contributed by atoms with Gasteiger partial charge in [0.25, 0.3) is 0 Å². The van der Waals surface area contributed by atoms with Crippen LogP contribution in [0.5, 0.6) is 0 Å². The largest absolute Gasteiger partial charge is 0.388 e. The first-order valence-electron chi connectivity index (χ1n) is 9.87. The molecule has 1 aliphatic heterocycles. The monoisotopic (exact) mass is 346 g/mol. The Morgan fingerprint density at radius 3 is 2.21 bits per heavy atom. The summed E-state index contributed by atoms with van der Waals surface area (Å²) in [5.41, 5.74) is 0. The highest BCUT2D eigenvalue weighted by Gasteiger charge is 2.38. The van der Waals surface area contributed by atoms with Crippen molar-refractivity contribution in [2.45, 2.75) is 103 Å². The third-order valence-corrected chi connectivity index (χ3v) is 4.88. The van der Waals surface area contributed by atoms with Crippen LogP contribution in [0.4, 0.5) is 0 Å². The fourth-order valence-electron chi connectivity index (χ4n) is 3.17. The average Bonchev–Trinajstić information content (AvgIpc) is 2.59. The van der Waals surface area contributed by atoms with Crippen molar-refractivity contribution in [2.24, 2.45) is 5.92 Å². The summed E-state index contributed by atoms with van der Waals surface area (Å²) < 4.78 is 11.0. The van der Waals surface area contributed by atoms with Crippen LogP contribution in [0.25, 0.3) is 0 Å². The third kappa shape index (κ3) is 8.26. The van der Waals surface area contributed by atoms with Crippen LogP contribution in [-0.4, -0.2) is 53.1 Å². The van der Waals surface area contributed by atoms with Gasteiger partial charge in [-0.1, -0.05) is 65.2 Å². The Balaban J connectivity index is 2.28. The Kier molecular flexibility index (Phi) is 11.9. The highest BCUT2D eigenvalue weighted by atomic mass is 16.7. The summed E-state index contributed by atoms with van der Waals surface area (Å²) in [4.78, 5) is 0. The van der Waals surface area contributed by atoms with Gasteiger partial charge in [0, 0.05) is 0 Å². The molecule has 0 aromatic rings. The van der Waals surface area contributed by atoms with Gasteiger partial charge in [-0.25, -0.2) is 0 Å². The molecule has 0 saturated carbocycles. The molecule has 0 aromatic heterocycles. The maximum absolute atomic E-state index is 9.93. The lowest BCUT2D eigenvalue weighted by Crippen LogP contribution is -2.53. The normalized spacial score (nSPS) is 28.9. The predicted octanol–water partition coefficient (Wildman–Crippen LogP) is 3.00. The maximum Gasteiger partial charge on any atom is 0.186 e. The van der Waals surface area contributed by atoms with Gasteiger partial charge in [-0.15, -0.1) is 0 Å². The van der Waals surface area contributed by atoms with Gasteiger partial charge in [-0.05, 0) is 18.8 Å². The minimum absolute atomic E-state index is 0.0000510. The van der Waals surface area contributed by atoms with Crippen LogP contribution in [0.2, 0.25) is 0 Å². The van der Waals surface area contributed by atoms with Gasteiger partial charge in [0.1, 0.15) is 18.3 Å². The van der Waals surface area contributed by atoms with E-state index in [2.05, 4.69) is 13.8 Å². The van der Waals surface area contributed by atoms with Gasteiger partial charge in [0.15, 0.2) is 6.29 Å². The summed E-state index contributed by atoms with van der Waals surface area (Å²) in [7, 11) is 0. The summed E-state index contributed by atoms with van der Waals surface area (Å²) in [5.74, 6) is 0.468. The molecule has 5 atom stereocenters. The molecule has 0 aromatic carbocycles. The zero-order valence-corrected chi connectivity index (χ0v) is 15.5. The standard InChI is InChI=1S/C19H38O5/c1-3-5-7-8-9-10-12-15(11-6-4-2)13-23-19-18(22)17(21)16(20)14-24-19/h15-22H,3-14H2,1-2H3/t15?,16-,17+,18-,19?/m1/s1. The van der Waals surface area contributed by atoms with E-state index in [1.54, 1.807) is 0 Å². The quantitative estimate of drug-likeness (QED) is 0.447. The van der Waals surface area contributed by atoms with Crippen molar-refractivity contribution in [3.05, 3.63) is 0 Å². The summed E-state index contributed by atoms with van der Waals surface area (Å²) in [6, 6.07) is 0. The maximum atomic E-state index is 9.93. The molecular weight excluding hydrogens is 308 g/mol. The van der Waals surface area contributed by atoms with Gasteiger partial charge < -0.3 is 24.8 Å². The molecule has 24 heavy (non-hydrogen) atoms. The Bertz CT molecular complexity index is 299. The van der Waals surface area contributed by atoms with Crippen molar-refractivity contribution >= 4 is 0 Å². The zero-order valence-electron chi connectivity index (χ0n) is 15.5. The van der Waals surface area contributed by atoms with Gasteiger partial charge >= 0.3 is 0 Å². The molecule has 0 radical (unpaired) electrons. The van der Waals surface area contributed by atoms with Crippen molar-refractivity contribution in [3.63, 3.8) is 0 Å². The number of hydrogen-bond acceptors (Lipinski definition) is 5. The third-order valence-electron chi connectivity index (χ3n) is 4.88. The summed E-state index contributed by atoms with van der Waals surface area (Å²) in [6.45, 7) is 4.96. The zero-order chi connectivity index (χ0) is 17.8. The Morgan fingerprint density at radius 1 is 0.875 bits per heavy atom. The predicted molar refractivity (Wildman–Crippen MR) is 94.7 cm³/mol. The first kappa shape index (κ1) is 21.8. The molecule has 3 N–H and O–H groups in total. The molecule has 5 nitrogen and oxygen atoms in total. The number of aliphatic hydroxyl groups excluding tert-OH is 3. The topological polar surface area (TPSA) is 79.2 Å². The lowest BCUT2D eigenvalue weighted by Gasteiger charge is -2.35. The summed E-state index contributed by atoms with van der Waals surface area (Å²) >= 11 is 0. The number of unbranched alkanes of at least 4 members (excludes halogenated alkanes) is 6. The molecule has 144 valence electrons. The SMILES string of the molecule is CCCCCCCCC(CCCC)COC1OC[C@@H](O)[C@H](O)[C@H]1O. The number of ether oxygens (including phenoxy) is 2. The van der Waals surface area contributed by atoms with Gasteiger partial charge in [-0.2, -0.15) is 0 Å². The molecule has 0 bridgehead atoms. The van der Waals surface area contributed by atoms with Crippen molar-refractivity contribution in [1.82, 2.24) is 0 Å². The van der Waals surface area contributed by atoms with E-state index in [1.807, 2.05) is 0 Å². The summed E-state index contributed by atoms with van der Waals surface area (Å²) in [5, 5.41) is 29.1. The molecule has 5 heteroatoms. The van der Waals surface area contributed by atoms with Crippen LogP contribution in [0.3, 0.4) is 0 Å². The van der Waals surface area contributed by atoms with Crippen LogP contribution in [0.1, 0.15) is 78.1 Å². The number of hydrogen-bond donors (Lipinski definition) is 3. The Hall–Kier alpha value is -0.200. The lowest BCUT2D eigenvalue weighted by atomic mass is 9.95. The van der Waals surface area contributed by atoms with Crippen molar-refractivity contribution in [3.8, 4) is 0 Å². The minimum atomic E-state index is -1.20. The van der Waals surface area contributed by atoms with E-state index in [0.717, 1.165) is 12.8 Å². The van der Waals surface area contributed by atoms with E-state index < -0.39 is 24.6 Å². The molecule has 1 fully saturated rings. The second-order valence-electron chi connectivity index (χ2n) is 7.15. The van der Waals surface area contributed by atoms with E-state index in [4.69, 9.17) is 9.47 Å². The van der Waals surface area contributed by atoms with E-state index in [0.29, 0.717) is 12.5 Å². The number of aliphatic hydroxyl groups is 3. The molecule has 1 rings (SSSR count). The van der Waals surface area contributed by atoms with Crippen LogP contribution in [0, 0.1) is 5.92 Å². The van der Waals surface area contributed by atoms with Gasteiger partial charge in [-0.3, -0.25) is 0 Å². The fraction of sp³-hybridized carbons (Fsp3) is 1.00. The molecular formula is C19H38O5. The van der Waals surface area contributed by atoms with Crippen LogP contribution >= 0.6 is 0 Å². The molecule has 1 saturated heterocycles. The average molecular weight is 347 g/mol. The van der Waals surface area contributed by atoms with Crippen molar-refractivity contribution in [2.75, 3.05) is 13.2 Å². The molecule has 0 spiro atoms. The van der Waals surface area contributed by atoms with Crippen LogP contribution < -0.4 is 0 Å². The minimum Gasteiger partial charge on any atom is -0.388 e. The van der Waals surface area contributed by atoms with E-state index in [-0.39, 0.29) is 6.61 Å². The highest BCUT2D eigenvalue weighted by Crippen LogP contribution is 2.22. The van der Waals surface area contributed by atoms with E-state index in [9.17, 15) is 15.3 Å².